The second kappa shape index (κ2) is 40.4. The van der Waals surface area contributed by atoms with Crippen molar-refractivity contribution >= 4 is 5.69 Å². The van der Waals surface area contributed by atoms with E-state index in [2.05, 4.69) is 53.8 Å². The Morgan fingerprint density at radius 3 is 0.877 bits per heavy atom. The van der Waals surface area contributed by atoms with Crippen LogP contribution in [0.2, 0.25) is 0 Å². The fraction of sp³-hybridized carbons (Fsp3) is 0.893. The molecular weight excluding hydrogens is 830 g/mol. The van der Waals surface area contributed by atoms with Crippen LogP contribution in [0, 0.1) is 35.0 Å². The van der Waals surface area contributed by atoms with E-state index in [0.29, 0.717) is 6.42 Å². The van der Waals surface area contributed by atoms with Crippen LogP contribution in [0.1, 0.15) is 286 Å². The van der Waals surface area contributed by atoms with Crippen LogP contribution in [0.4, 0.5) is 27.6 Å². The zero-order valence-corrected chi connectivity index (χ0v) is 43.3. The zero-order valence-electron chi connectivity index (χ0n) is 43.3. The Kier molecular flexibility index (Phi) is 38.3. The van der Waals surface area contributed by atoms with Crippen LogP contribution in [0.25, 0.3) is 0 Å². The predicted molar refractivity (Wildman–Crippen MR) is 266 cm³/mol. The van der Waals surface area contributed by atoms with E-state index in [-0.39, 0.29) is 24.9 Å². The van der Waals surface area contributed by atoms with Gasteiger partial charge in [0.25, 0.3) is 5.97 Å². The van der Waals surface area contributed by atoms with Crippen molar-refractivity contribution in [2.75, 3.05) is 11.9 Å². The summed E-state index contributed by atoms with van der Waals surface area (Å²) >= 11 is 0. The molecule has 384 valence electrons. The highest BCUT2D eigenvalue weighted by Gasteiger charge is 2.48. The molecule has 4 nitrogen and oxygen atoms in total. The normalized spacial score (nSPS) is 14.7. The molecule has 1 aromatic rings. The maximum Gasteiger partial charge on any atom is 0.288 e. The van der Waals surface area contributed by atoms with Crippen LogP contribution in [-0.4, -0.2) is 30.8 Å². The molecule has 0 heterocycles. The van der Waals surface area contributed by atoms with Crippen LogP contribution in [0.3, 0.4) is 0 Å². The van der Waals surface area contributed by atoms with Gasteiger partial charge in [0.05, 0.1) is 24.2 Å². The highest BCUT2D eigenvalue weighted by atomic mass is 19.2. The zero-order chi connectivity index (χ0) is 48.0. The molecule has 0 aliphatic carbocycles. The topological polar surface area (TPSA) is 39.7 Å². The molecule has 0 bridgehead atoms. The maximum atomic E-state index is 15.4. The van der Waals surface area contributed by atoms with Crippen molar-refractivity contribution in [3.63, 3.8) is 0 Å². The Bertz CT molecular complexity index is 1150. The minimum absolute atomic E-state index is 0.143. The molecule has 1 aromatic carbocycles. The summed E-state index contributed by atoms with van der Waals surface area (Å²) < 4.78 is 97.2. The summed E-state index contributed by atoms with van der Waals surface area (Å²) in [5.74, 6) is -12.0. The molecule has 0 aromatic heterocycles. The molecule has 0 fully saturated rings. The number of halogens is 5. The smallest absolute Gasteiger partial charge is 0.288 e. The minimum Gasteiger partial charge on any atom is -0.380 e. The number of ether oxygens (including phenoxy) is 3. The van der Waals surface area contributed by atoms with E-state index in [0.717, 1.165) is 135 Å². The molecule has 1 N–H and O–H groups in total. The van der Waals surface area contributed by atoms with Gasteiger partial charge in [0, 0.05) is 6.54 Å². The van der Waals surface area contributed by atoms with E-state index in [9.17, 15) is 13.2 Å². The van der Waals surface area contributed by atoms with E-state index < -0.39 is 46.7 Å². The standard InChI is InChI=1S/C56H102F5NO3/c1-8-15-19-23-27-31-35-42-47(38-12-5)63-56(64-48(39-13-6)43-36-32-28-24-20-16-9-2,65-49(40-14-7)44-37-33-29-25-21-17-10-3)46(41-34-30-26-22-18-11-4)45-62-55-53(60)51(58)50(57)52(59)54(55)61/h46-49,62H,8-45H2,1-7H3. The van der Waals surface area contributed by atoms with Gasteiger partial charge in [-0.1, -0.05) is 241 Å². The fourth-order valence-electron chi connectivity index (χ4n) is 9.37. The molecule has 0 saturated heterocycles. The largest absolute Gasteiger partial charge is 0.380 e. The monoisotopic (exact) mass is 932 g/mol. The minimum atomic E-state index is -2.16. The van der Waals surface area contributed by atoms with Gasteiger partial charge >= 0.3 is 0 Å². The first-order valence-electron chi connectivity index (χ1n) is 27.9. The highest BCUT2D eigenvalue weighted by molar-refractivity contribution is 5.47. The second-order valence-corrected chi connectivity index (χ2v) is 19.5. The number of rotatable bonds is 47. The summed E-state index contributed by atoms with van der Waals surface area (Å²) in [7, 11) is 0. The van der Waals surface area contributed by atoms with Crippen LogP contribution in [0.15, 0.2) is 0 Å². The lowest BCUT2D eigenvalue weighted by Crippen LogP contribution is -2.54. The molecule has 4 unspecified atom stereocenters. The van der Waals surface area contributed by atoms with Gasteiger partial charge < -0.3 is 19.5 Å². The molecule has 0 aliphatic heterocycles. The van der Waals surface area contributed by atoms with Crippen LogP contribution >= 0.6 is 0 Å². The summed E-state index contributed by atoms with van der Waals surface area (Å²) in [6.45, 7) is 15.3. The van der Waals surface area contributed by atoms with Crippen LogP contribution in [-0.2, 0) is 14.2 Å². The van der Waals surface area contributed by atoms with Gasteiger partial charge in [0.1, 0.15) is 5.69 Å². The SMILES string of the molecule is CCCCCCCCCC(CCC)OC(OC(CCC)CCCCCCCCC)(OC(CCC)CCCCCCCCC)C(CCCCCCCC)CNc1c(F)c(F)c(F)c(F)c1F. The summed E-state index contributed by atoms with van der Waals surface area (Å²) in [6, 6.07) is 0. The third kappa shape index (κ3) is 26.8. The predicted octanol–water partition coefficient (Wildman–Crippen LogP) is 19.8. The van der Waals surface area contributed by atoms with Gasteiger partial charge in [-0.05, 0) is 44.9 Å². The van der Waals surface area contributed by atoms with Gasteiger partial charge in [-0.2, -0.15) is 0 Å². The van der Waals surface area contributed by atoms with Crippen molar-refractivity contribution < 1.29 is 36.2 Å². The number of nitrogens with one attached hydrogen (secondary N) is 1. The van der Waals surface area contributed by atoms with E-state index in [4.69, 9.17) is 14.2 Å². The Morgan fingerprint density at radius 1 is 0.323 bits per heavy atom. The van der Waals surface area contributed by atoms with Crippen molar-refractivity contribution in [1.29, 1.82) is 0 Å². The van der Waals surface area contributed by atoms with Crippen molar-refractivity contribution in [3.8, 4) is 0 Å². The first-order chi connectivity index (χ1) is 31.6. The molecule has 1 rings (SSSR count). The van der Waals surface area contributed by atoms with Gasteiger partial charge in [0.15, 0.2) is 23.3 Å². The van der Waals surface area contributed by atoms with Crippen molar-refractivity contribution in [2.24, 2.45) is 5.92 Å². The Hall–Kier alpha value is -1.45. The van der Waals surface area contributed by atoms with Gasteiger partial charge in [-0.15, -0.1) is 0 Å². The molecule has 9 heteroatoms. The van der Waals surface area contributed by atoms with Crippen LogP contribution < -0.4 is 5.32 Å². The van der Waals surface area contributed by atoms with E-state index in [1.807, 2.05) is 0 Å². The molecule has 4 atom stereocenters. The highest BCUT2D eigenvalue weighted by Crippen LogP contribution is 2.40. The summed E-state index contributed by atoms with van der Waals surface area (Å²) in [4.78, 5) is 0. The van der Waals surface area contributed by atoms with E-state index in [1.54, 1.807) is 0 Å². The molecule has 65 heavy (non-hydrogen) atoms. The Morgan fingerprint density at radius 2 is 0.585 bits per heavy atom. The van der Waals surface area contributed by atoms with Crippen molar-refractivity contribution in [1.82, 2.24) is 0 Å². The van der Waals surface area contributed by atoms with Crippen LogP contribution in [0.5, 0.6) is 0 Å². The molecule has 0 radical (unpaired) electrons. The molecular formula is C56H102F5NO3. The lowest BCUT2D eigenvalue weighted by Gasteiger charge is -2.46. The summed E-state index contributed by atoms with van der Waals surface area (Å²) in [6.07, 6.45) is 38.4. The quantitative estimate of drug-likeness (QED) is 0.0232. The number of unbranched alkanes of at least 4 members (excludes halogenated alkanes) is 23. The third-order valence-electron chi connectivity index (χ3n) is 13.4. The lowest BCUT2D eigenvalue weighted by atomic mass is 9.95. The van der Waals surface area contributed by atoms with E-state index >= 15 is 8.78 Å². The maximum absolute atomic E-state index is 15.4. The van der Waals surface area contributed by atoms with Gasteiger partial charge in [-0.3, -0.25) is 0 Å². The first kappa shape index (κ1) is 61.6. The second-order valence-electron chi connectivity index (χ2n) is 19.5. The number of hydrogen-bond acceptors (Lipinski definition) is 4. The number of anilines is 1. The van der Waals surface area contributed by atoms with Crippen molar-refractivity contribution in [2.45, 2.75) is 310 Å². The summed E-state index contributed by atoms with van der Waals surface area (Å²) in [5.41, 5.74) is -1.02. The fourth-order valence-corrected chi connectivity index (χ4v) is 9.37. The van der Waals surface area contributed by atoms with Gasteiger partial charge in [0.2, 0.25) is 5.82 Å². The molecule has 0 saturated carbocycles. The van der Waals surface area contributed by atoms with Gasteiger partial charge in [-0.25, -0.2) is 22.0 Å². The average molecular weight is 932 g/mol. The van der Waals surface area contributed by atoms with Crippen molar-refractivity contribution in [3.05, 3.63) is 29.1 Å². The number of hydrogen-bond donors (Lipinski definition) is 1. The first-order valence-corrected chi connectivity index (χ1v) is 27.9. The number of benzene rings is 1. The van der Waals surface area contributed by atoms with E-state index in [1.165, 1.54) is 96.3 Å². The molecule has 0 spiro atoms. The Balaban J connectivity index is 3.93. The average Bonchev–Trinajstić information content (AvgIpc) is 3.29. The molecule has 0 aliphatic rings. The lowest BCUT2D eigenvalue weighted by molar-refractivity contribution is -0.441. The Labute approximate surface area is 397 Å². The third-order valence-corrected chi connectivity index (χ3v) is 13.4. The summed E-state index contributed by atoms with van der Waals surface area (Å²) in [5, 5.41) is 2.77. The molecule has 0 amide bonds.